The second-order valence-electron chi connectivity index (χ2n) is 2.25. The Bertz CT molecular complexity index is 220. The first-order valence-electron chi connectivity index (χ1n) is 3.42. The van der Waals surface area contributed by atoms with Crippen molar-refractivity contribution in [3.8, 4) is 0 Å². The normalized spacial score (nSPS) is 16.6. The van der Waals surface area contributed by atoms with Gasteiger partial charge in [-0.25, -0.2) is 0 Å². The molecule has 1 aliphatic heterocycles. The Hall–Kier alpha value is -1.52. The standard InChI is InChI=1S/C7H9NO4/c1-5(11-2)12-8-6(9)3-4-7(8)10/h1,3-4H2,2H3. The minimum atomic E-state index is -0.363. The van der Waals surface area contributed by atoms with Gasteiger partial charge in [-0.05, 0) is 6.58 Å². The number of ether oxygens (including phenoxy) is 1. The Morgan fingerprint density at radius 1 is 1.42 bits per heavy atom. The number of carbonyl (C=O) groups is 2. The van der Waals surface area contributed by atoms with Crippen molar-refractivity contribution >= 4 is 11.8 Å². The second kappa shape index (κ2) is 3.25. The van der Waals surface area contributed by atoms with Crippen LogP contribution in [-0.4, -0.2) is 24.0 Å². The first kappa shape index (κ1) is 8.58. The summed E-state index contributed by atoms with van der Waals surface area (Å²) in [6.45, 7) is 3.32. The molecule has 1 rings (SSSR count). The number of imide groups is 1. The van der Waals surface area contributed by atoms with E-state index in [1.807, 2.05) is 0 Å². The number of hydrogen-bond donors (Lipinski definition) is 0. The molecule has 0 N–H and O–H groups in total. The summed E-state index contributed by atoms with van der Waals surface area (Å²) in [6.07, 6.45) is 0.381. The van der Waals surface area contributed by atoms with E-state index in [4.69, 9.17) is 4.84 Å². The van der Waals surface area contributed by atoms with Crippen molar-refractivity contribution in [2.24, 2.45) is 0 Å². The van der Waals surface area contributed by atoms with Gasteiger partial charge in [0.25, 0.3) is 17.8 Å². The summed E-state index contributed by atoms with van der Waals surface area (Å²) in [6, 6.07) is 0. The van der Waals surface area contributed by atoms with Gasteiger partial charge in [-0.2, -0.15) is 0 Å². The van der Waals surface area contributed by atoms with Crippen molar-refractivity contribution in [2.75, 3.05) is 7.11 Å². The molecular formula is C7H9NO4. The summed E-state index contributed by atoms with van der Waals surface area (Å²) in [5, 5.41) is 0.672. The second-order valence-corrected chi connectivity index (χ2v) is 2.25. The van der Waals surface area contributed by atoms with Crippen LogP contribution >= 0.6 is 0 Å². The smallest absolute Gasteiger partial charge is 0.299 e. The fourth-order valence-electron chi connectivity index (χ4n) is 0.797. The molecule has 0 aromatic rings. The average molecular weight is 171 g/mol. The number of hydroxylamine groups is 2. The summed E-state index contributed by atoms with van der Waals surface area (Å²) in [7, 11) is 1.34. The third-order valence-electron chi connectivity index (χ3n) is 1.43. The van der Waals surface area contributed by atoms with Gasteiger partial charge in [0.15, 0.2) is 0 Å². The Labute approximate surface area is 69.5 Å². The number of methoxy groups -OCH3 is 1. The highest BCUT2D eigenvalue weighted by Gasteiger charge is 2.31. The third kappa shape index (κ3) is 1.55. The number of carbonyl (C=O) groups excluding carboxylic acids is 2. The molecular weight excluding hydrogens is 162 g/mol. The van der Waals surface area contributed by atoms with Crippen molar-refractivity contribution in [3.63, 3.8) is 0 Å². The summed E-state index contributed by atoms with van der Waals surface area (Å²) in [4.78, 5) is 26.5. The minimum absolute atomic E-state index is 0.0707. The molecule has 1 saturated heterocycles. The largest absolute Gasteiger partial charge is 0.468 e. The van der Waals surface area contributed by atoms with Crippen molar-refractivity contribution in [2.45, 2.75) is 12.8 Å². The van der Waals surface area contributed by atoms with Gasteiger partial charge in [0.05, 0.1) is 7.11 Å². The summed E-state index contributed by atoms with van der Waals surface area (Å²) >= 11 is 0. The molecule has 0 aromatic carbocycles. The topological polar surface area (TPSA) is 55.8 Å². The summed E-state index contributed by atoms with van der Waals surface area (Å²) in [5.41, 5.74) is 0. The van der Waals surface area contributed by atoms with Gasteiger partial charge in [0.1, 0.15) is 0 Å². The van der Waals surface area contributed by atoms with E-state index in [1.165, 1.54) is 7.11 Å². The van der Waals surface area contributed by atoms with E-state index in [0.717, 1.165) is 0 Å². The lowest BCUT2D eigenvalue weighted by Crippen LogP contribution is -2.29. The van der Waals surface area contributed by atoms with Gasteiger partial charge in [-0.15, -0.1) is 5.06 Å². The average Bonchev–Trinajstić information content (AvgIpc) is 2.35. The SMILES string of the molecule is C=C(OC)ON1C(=O)CCC1=O. The van der Waals surface area contributed by atoms with Crippen LogP contribution in [0.1, 0.15) is 12.8 Å². The van der Waals surface area contributed by atoms with Crippen molar-refractivity contribution < 1.29 is 19.2 Å². The molecule has 0 aliphatic carbocycles. The van der Waals surface area contributed by atoms with Gasteiger partial charge in [0.2, 0.25) is 0 Å². The third-order valence-corrected chi connectivity index (χ3v) is 1.43. The Balaban J connectivity index is 2.56. The molecule has 5 nitrogen and oxygen atoms in total. The zero-order valence-corrected chi connectivity index (χ0v) is 6.70. The van der Waals surface area contributed by atoms with Gasteiger partial charge in [0, 0.05) is 12.8 Å². The monoisotopic (exact) mass is 171 g/mol. The lowest BCUT2D eigenvalue weighted by Gasteiger charge is -2.13. The fourth-order valence-corrected chi connectivity index (χ4v) is 0.797. The van der Waals surface area contributed by atoms with Gasteiger partial charge in [-0.3, -0.25) is 9.59 Å². The Morgan fingerprint density at radius 3 is 2.33 bits per heavy atom. The maximum Gasteiger partial charge on any atom is 0.299 e. The highest BCUT2D eigenvalue weighted by molar-refractivity contribution is 6.00. The quantitative estimate of drug-likeness (QED) is 0.449. The molecule has 0 spiro atoms. The van der Waals surface area contributed by atoms with Crippen LogP contribution in [0.3, 0.4) is 0 Å². The molecule has 0 bridgehead atoms. The van der Waals surface area contributed by atoms with E-state index in [9.17, 15) is 9.59 Å². The van der Waals surface area contributed by atoms with Crippen molar-refractivity contribution in [1.29, 1.82) is 0 Å². The van der Waals surface area contributed by atoms with Crippen LogP contribution in [0.4, 0.5) is 0 Å². The number of nitrogens with zero attached hydrogens (tertiary/aromatic N) is 1. The molecule has 0 saturated carbocycles. The van der Waals surface area contributed by atoms with E-state index >= 15 is 0 Å². The maximum absolute atomic E-state index is 10.9. The van der Waals surface area contributed by atoms with Crippen LogP contribution in [0.5, 0.6) is 0 Å². The molecule has 2 amide bonds. The van der Waals surface area contributed by atoms with Crippen LogP contribution in [0.2, 0.25) is 0 Å². The zero-order chi connectivity index (χ0) is 9.14. The molecule has 66 valence electrons. The van der Waals surface area contributed by atoms with Gasteiger partial charge in [-0.1, -0.05) is 0 Å². The molecule has 0 unspecified atom stereocenters. The first-order chi connectivity index (χ1) is 5.65. The van der Waals surface area contributed by atoms with Crippen molar-refractivity contribution in [1.82, 2.24) is 5.06 Å². The van der Waals surface area contributed by atoms with Gasteiger partial charge < -0.3 is 9.57 Å². The zero-order valence-electron chi connectivity index (χ0n) is 6.70. The minimum Gasteiger partial charge on any atom is -0.468 e. The molecule has 5 heteroatoms. The number of hydrogen-bond acceptors (Lipinski definition) is 4. The van der Waals surface area contributed by atoms with Crippen LogP contribution in [0.25, 0.3) is 0 Å². The van der Waals surface area contributed by atoms with E-state index in [1.54, 1.807) is 0 Å². The molecule has 0 atom stereocenters. The first-order valence-corrected chi connectivity index (χ1v) is 3.42. The molecule has 1 fully saturated rings. The van der Waals surface area contributed by atoms with Crippen LogP contribution in [0.15, 0.2) is 12.5 Å². The molecule has 0 radical (unpaired) electrons. The molecule has 0 aromatic heterocycles. The van der Waals surface area contributed by atoms with E-state index in [-0.39, 0.29) is 30.6 Å². The number of rotatable bonds is 3. The predicted molar refractivity (Wildman–Crippen MR) is 38.3 cm³/mol. The van der Waals surface area contributed by atoms with Crippen molar-refractivity contribution in [3.05, 3.63) is 12.5 Å². The highest BCUT2D eigenvalue weighted by Crippen LogP contribution is 2.14. The summed E-state index contributed by atoms with van der Waals surface area (Å²) in [5.74, 6) is -0.796. The van der Waals surface area contributed by atoms with Gasteiger partial charge >= 0.3 is 0 Å². The van der Waals surface area contributed by atoms with Crippen LogP contribution in [0, 0.1) is 0 Å². The lowest BCUT2D eigenvalue weighted by atomic mass is 10.4. The summed E-state index contributed by atoms with van der Waals surface area (Å²) < 4.78 is 4.55. The van der Waals surface area contributed by atoms with Crippen LogP contribution < -0.4 is 0 Å². The fraction of sp³-hybridized carbons (Fsp3) is 0.429. The Kier molecular flexibility index (Phi) is 2.32. The predicted octanol–water partition coefficient (Wildman–Crippen LogP) is 0.185. The van der Waals surface area contributed by atoms with E-state index < -0.39 is 0 Å². The molecule has 12 heavy (non-hydrogen) atoms. The molecule has 1 heterocycles. The highest BCUT2D eigenvalue weighted by atomic mass is 16.8. The Morgan fingerprint density at radius 2 is 1.92 bits per heavy atom. The molecule has 1 aliphatic rings. The van der Waals surface area contributed by atoms with E-state index in [2.05, 4.69) is 11.3 Å². The maximum atomic E-state index is 10.9. The van der Waals surface area contributed by atoms with Crippen LogP contribution in [-0.2, 0) is 19.2 Å². The lowest BCUT2D eigenvalue weighted by molar-refractivity contribution is -0.188. The number of amides is 2. The van der Waals surface area contributed by atoms with E-state index in [0.29, 0.717) is 5.06 Å².